The number of piperidine rings is 3. The van der Waals surface area contributed by atoms with Crippen LogP contribution in [0, 0.1) is 0 Å². The van der Waals surface area contributed by atoms with Gasteiger partial charge in [0, 0.05) is 69.9 Å². The predicted octanol–water partition coefficient (Wildman–Crippen LogP) is 1.59. The van der Waals surface area contributed by atoms with E-state index in [1.807, 2.05) is 11.0 Å². The SMILES string of the molecule is C=C1CC[C@H](N2C(=O)c3ccc(N4CCC(N5CC6(C5)CN([C@@H]5CCCN(c7cnc(C(N)=O)c(Nc8cnn(C)c8)n7)C5)C(=O)O6)CC4)cc3C2=O)C(=O)N1. The van der Waals surface area contributed by atoms with E-state index in [4.69, 9.17) is 15.5 Å². The number of allylic oxidation sites excluding steroid dienone is 1. The van der Waals surface area contributed by atoms with Gasteiger partial charge in [0.15, 0.2) is 17.1 Å². The molecule has 56 heavy (non-hydrogen) atoms. The number of ether oxygens (including phenoxy) is 1. The first-order valence-electron chi connectivity index (χ1n) is 19.1. The highest BCUT2D eigenvalue weighted by Crippen LogP contribution is 2.39. The van der Waals surface area contributed by atoms with Crippen LogP contribution in [0.2, 0.25) is 0 Å². The van der Waals surface area contributed by atoms with Gasteiger partial charge in [-0.3, -0.25) is 38.6 Å². The average Bonchev–Trinajstić information content (AvgIpc) is 3.83. The van der Waals surface area contributed by atoms with Crippen molar-refractivity contribution < 1.29 is 28.7 Å². The zero-order chi connectivity index (χ0) is 38.9. The molecule has 5 saturated heterocycles. The molecule has 5 fully saturated rings. The second-order valence-electron chi connectivity index (χ2n) is 15.7. The Morgan fingerprint density at radius 2 is 1.77 bits per heavy atom. The van der Waals surface area contributed by atoms with Gasteiger partial charge in [-0.15, -0.1) is 0 Å². The second-order valence-corrected chi connectivity index (χ2v) is 15.7. The summed E-state index contributed by atoms with van der Waals surface area (Å²) in [5.74, 6) is -1.11. The Balaban J connectivity index is 0.792. The van der Waals surface area contributed by atoms with Crippen molar-refractivity contribution in [1.29, 1.82) is 0 Å². The molecule has 5 amide bonds. The van der Waals surface area contributed by atoms with Gasteiger partial charge in [0.05, 0.1) is 41.8 Å². The van der Waals surface area contributed by atoms with Crippen molar-refractivity contribution in [3.8, 4) is 0 Å². The molecule has 8 heterocycles. The maximum atomic E-state index is 13.4. The summed E-state index contributed by atoms with van der Waals surface area (Å²) < 4.78 is 7.71. The van der Waals surface area contributed by atoms with Gasteiger partial charge in [0.1, 0.15) is 11.9 Å². The summed E-state index contributed by atoms with van der Waals surface area (Å²) in [6.07, 6.45) is 9.00. The smallest absolute Gasteiger partial charge is 0.410 e. The third-order valence-electron chi connectivity index (χ3n) is 12.0. The molecule has 3 aromatic rings. The van der Waals surface area contributed by atoms with E-state index in [0.29, 0.717) is 73.4 Å². The predicted molar refractivity (Wildman–Crippen MR) is 202 cm³/mol. The maximum Gasteiger partial charge on any atom is 0.410 e. The molecule has 9 rings (SSSR count). The van der Waals surface area contributed by atoms with E-state index in [0.717, 1.165) is 55.9 Å². The van der Waals surface area contributed by atoms with Crippen LogP contribution in [0.5, 0.6) is 0 Å². The minimum atomic E-state index is -0.839. The third kappa shape index (κ3) is 6.26. The quantitative estimate of drug-likeness (QED) is 0.279. The molecule has 0 aliphatic carbocycles. The number of rotatable bonds is 8. The number of hydrogen-bond donors (Lipinski definition) is 3. The molecule has 1 aromatic carbocycles. The van der Waals surface area contributed by atoms with Gasteiger partial charge in [-0.25, -0.2) is 14.8 Å². The van der Waals surface area contributed by atoms with E-state index >= 15 is 0 Å². The Morgan fingerprint density at radius 1 is 0.982 bits per heavy atom. The molecule has 2 atom stereocenters. The number of carbonyl (C=O) groups is 5. The van der Waals surface area contributed by atoms with Crippen LogP contribution < -0.4 is 26.2 Å². The number of aryl methyl sites for hydroxylation is 1. The summed E-state index contributed by atoms with van der Waals surface area (Å²) >= 11 is 0. The number of carbonyl (C=O) groups excluding carboxylic acids is 5. The van der Waals surface area contributed by atoms with Crippen molar-refractivity contribution in [2.75, 3.05) is 60.9 Å². The Morgan fingerprint density at radius 3 is 2.50 bits per heavy atom. The fourth-order valence-corrected chi connectivity index (χ4v) is 9.11. The Bertz CT molecular complexity index is 2160. The molecule has 6 aliphatic rings. The number of nitrogens with zero attached hydrogens (tertiary/aromatic N) is 9. The zero-order valence-electron chi connectivity index (χ0n) is 31.1. The van der Waals surface area contributed by atoms with Crippen molar-refractivity contribution in [1.82, 2.24) is 39.8 Å². The number of primary amides is 1. The minimum absolute atomic E-state index is 0.0281. The number of fused-ring (bicyclic) bond motifs is 1. The molecule has 1 spiro atoms. The lowest BCUT2D eigenvalue weighted by atomic mass is 9.88. The van der Waals surface area contributed by atoms with Gasteiger partial charge in [-0.1, -0.05) is 6.58 Å². The highest BCUT2D eigenvalue weighted by Gasteiger charge is 2.56. The number of hydrogen-bond acceptors (Lipinski definition) is 13. The summed E-state index contributed by atoms with van der Waals surface area (Å²) in [7, 11) is 1.79. The summed E-state index contributed by atoms with van der Waals surface area (Å²) in [6.45, 7) is 8.49. The number of benzene rings is 1. The molecule has 4 N–H and O–H groups in total. The Hall–Kier alpha value is -6.04. The molecule has 6 aliphatic heterocycles. The molecule has 0 bridgehead atoms. The van der Waals surface area contributed by atoms with E-state index in [-0.39, 0.29) is 29.6 Å². The van der Waals surface area contributed by atoms with Gasteiger partial charge < -0.3 is 30.9 Å². The molecular weight excluding hydrogens is 720 g/mol. The van der Waals surface area contributed by atoms with Crippen molar-refractivity contribution in [3.63, 3.8) is 0 Å². The van der Waals surface area contributed by atoms with E-state index in [2.05, 4.69) is 42.0 Å². The number of aromatic nitrogens is 4. The maximum absolute atomic E-state index is 13.4. The summed E-state index contributed by atoms with van der Waals surface area (Å²) in [5.41, 5.74) is 7.86. The molecule has 0 radical (unpaired) electrons. The highest BCUT2D eigenvalue weighted by atomic mass is 16.6. The van der Waals surface area contributed by atoms with Crippen LogP contribution in [-0.4, -0.2) is 134 Å². The highest BCUT2D eigenvalue weighted by molar-refractivity contribution is 6.23. The van der Waals surface area contributed by atoms with E-state index in [1.165, 1.54) is 0 Å². The number of imide groups is 1. The summed E-state index contributed by atoms with van der Waals surface area (Å²) in [6, 6.07) is 4.80. The standard InChI is InChI=1S/C38H44N12O6/c1-22-5-8-29(34(52)42-22)50-35(53)27-7-6-25(14-28(27)36(50)54)46-12-9-24(10-13-46)48-19-38(20-48)21-49(37(55)56-38)26-4-3-11-47(18-26)30-16-40-31(32(39)51)33(44-30)43-23-15-41-45(2)17-23/h6-7,14-17,24,26,29H,1,3-5,8-13,18-21H2,2H3,(H2,39,51)(H,42,52)(H,43,44)/t26-,29+/m1/s1. The van der Waals surface area contributed by atoms with E-state index in [9.17, 15) is 24.0 Å². The molecular formula is C38H44N12O6. The summed E-state index contributed by atoms with van der Waals surface area (Å²) in [4.78, 5) is 83.4. The lowest BCUT2D eigenvalue weighted by molar-refractivity contribution is -0.125. The van der Waals surface area contributed by atoms with Crippen molar-refractivity contribution >= 4 is 52.7 Å². The van der Waals surface area contributed by atoms with Gasteiger partial charge in [0.2, 0.25) is 5.91 Å². The largest absolute Gasteiger partial charge is 0.438 e. The normalized spacial score (nSPS) is 24.1. The summed E-state index contributed by atoms with van der Waals surface area (Å²) in [5, 5.41) is 9.94. The van der Waals surface area contributed by atoms with Crippen LogP contribution in [0.15, 0.2) is 49.1 Å². The number of nitrogens with one attached hydrogen (secondary N) is 2. The lowest BCUT2D eigenvalue weighted by Gasteiger charge is -2.51. The average molecular weight is 765 g/mol. The first-order chi connectivity index (χ1) is 26.9. The first-order valence-corrected chi connectivity index (χ1v) is 19.1. The molecule has 292 valence electrons. The van der Waals surface area contributed by atoms with Crippen LogP contribution in [0.1, 0.15) is 69.7 Å². The molecule has 2 aromatic heterocycles. The topological polar surface area (TPSA) is 204 Å². The van der Waals surface area contributed by atoms with E-state index in [1.54, 1.807) is 42.5 Å². The van der Waals surface area contributed by atoms with Gasteiger partial charge in [-0.2, -0.15) is 5.10 Å². The molecule has 0 saturated carbocycles. The van der Waals surface area contributed by atoms with Crippen molar-refractivity contribution in [2.45, 2.75) is 62.3 Å². The van der Waals surface area contributed by atoms with Crippen LogP contribution in [0.4, 0.5) is 27.8 Å². The lowest BCUT2D eigenvalue weighted by Crippen LogP contribution is -2.67. The van der Waals surface area contributed by atoms with Crippen molar-refractivity contribution in [3.05, 3.63) is 65.9 Å². The van der Waals surface area contributed by atoms with Gasteiger partial charge in [0.25, 0.3) is 17.7 Å². The number of anilines is 4. The molecule has 18 nitrogen and oxygen atoms in total. The number of amides is 5. The zero-order valence-corrected chi connectivity index (χ0v) is 31.1. The third-order valence-corrected chi connectivity index (χ3v) is 12.0. The fourth-order valence-electron chi connectivity index (χ4n) is 9.11. The van der Waals surface area contributed by atoms with Crippen molar-refractivity contribution in [2.24, 2.45) is 12.8 Å². The van der Waals surface area contributed by atoms with Crippen LogP contribution >= 0.6 is 0 Å². The van der Waals surface area contributed by atoms with E-state index < -0.39 is 29.4 Å². The Labute approximate surface area is 322 Å². The molecule has 0 unspecified atom stereocenters. The molecule has 18 heteroatoms. The number of likely N-dealkylation sites (tertiary alicyclic amines) is 1. The van der Waals surface area contributed by atoms with Crippen LogP contribution in [0.25, 0.3) is 0 Å². The van der Waals surface area contributed by atoms with Gasteiger partial charge >= 0.3 is 6.09 Å². The minimum Gasteiger partial charge on any atom is -0.438 e. The monoisotopic (exact) mass is 764 g/mol. The fraction of sp³-hybridized carbons (Fsp3) is 0.474. The second kappa shape index (κ2) is 13.6. The van der Waals surface area contributed by atoms with Crippen LogP contribution in [-0.2, 0) is 16.6 Å². The number of nitrogens with two attached hydrogens (primary N) is 1. The van der Waals surface area contributed by atoms with Gasteiger partial charge in [-0.05, 0) is 56.7 Å². The van der Waals surface area contributed by atoms with Crippen LogP contribution in [0.3, 0.4) is 0 Å². The first kappa shape index (κ1) is 35.6. The Kier molecular flexibility index (Phi) is 8.66.